The van der Waals surface area contributed by atoms with Gasteiger partial charge in [-0.05, 0) is 5.56 Å². The van der Waals surface area contributed by atoms with Crippen LogP contribution >= 0.6 is 0 Å². The third-order valence-electron chi connectivity index (χ3n) is 5.06. The first-order valence-electron chi connectivity index (χ1n) is 9.57. The van der Waals surface area contributed by atoms with E-state index in [0.29, 0.717) is 11.3 Å². The number of hydrogen-bond donors (Lipinski definition) is 5. The Bertz CT molecular complexity index is 1180. The van der Waals surface area contributed by atoms with Crippen molar-refractivity contribution in [3.8, 4) is 0 Å². The number of hydrogen-bond acceptors (Lipinski definition) is 11. The van der Waals surface area contributed by atoms with Gasteiger partial charge in [-0.3, -0.25) is 8.75 Å². The van der Waals surface area contributed by atoms with E-state index in [1.807, 2.05) is 30.3 Å². The van der Waals surface area contributed by atoms with E-state index in [1.54, 1.807) is 0 Å². The van der Waals surface area contributed by atoms with Crippen LogP contribution in [0.4, 0.5) is 5.82 Å². The third kappa shape index (κ3) is 4.56. The van der Waals surface area contributed by atoms with Crippen LogP contribution in [0.15, 0.2) is 43.0 Å². The lowest BCUT2D eigenvalue weighted by molar-refractivity contribution is -0.0467. The van der Waals surface area contributed by atoms with Crippen LogP contribution in [-0.4, -0.2) is 74.8 Å². The van der Waals surface area contributed by atoms with Crippen molar-refractivity contribution in [2.24, 2.45) is 5.14 Å². The first kappa shape index (κ1) is 22.5. The minimum Gasteiger partial charge on any atom is -0.394 e. The van der Waals surface area contributed by atoms with E-state index in [4.69, 9.17) is 9.88 Å². The van der Waals surface area contributed by atoms with Crippen molar-refractivity contribution in [1.29, 1.82) is 0 Å². The highest BCUT2D eigenvalue weighted by atomic mass is 32.2. The zero-order chi connectivity index (χ0) is 22.9. The number of anilines is 1. The summed E-state index contributed by atoms with van der Waals surface area (Å²) in [6.07, 6.45) is -2.49. The molecular weight excluding hydrogens is 444 g/mol. The molecule has 0 saturated carbocycles. The number of nitrogens with zero attached hydrogens (tertiary/aromatic N) is 4. The fourth-order valence-corrected chi connectivity index (χ4v) is 3.81. The van der Waals surface area contributed by atoms with Gasteiger partial charge in [0.1, 0.15) is 24.6 Å². The van der Waals surface area contributed by atoms with Crippen molar-refractivity contribution < 1.29 is 32.7 Å². The second-order valence-electron chi connectivity index (χ2n) is 7.16. The normalized spacial score (nSPS) is 24.6. The maximum Gasteiger partial charge on any atom is 0.333 e. The average molecular weight is 466 g/mol. The number of imidazole rings is 1. The average Bonchev–Trinajstić information content (AvgIpc) is 3.32. The Morgan fingerprint density at radius 2 is 1.94 bits per heavy atom. The second-order valence-corrected chi connectivity index (χ2v) is 8.38. The molecule has 1 saturated heterocycles. The zero-order valence-electron chi connectivity index (χ0n) is 16.6. The van der Waals surface area contributed by atoms with Crippen molar-refractivity contribution in [3.05, 3.63) is 48.5 Å². The molecule has 1 unspecified atom stereocenters. The largest absolute Gasteiger partial charge is 0.394 e. The van der Waals surface area contributed by atoms with Gasteiger partial charge in [-0.25, -0.2) is 20.1 Å². The van der Waals surface area contributed by atoms with E-state index in [9.17, 15) is 23.7 Å². The van der Waals surface area contributed by atoms with Crippen molar-refractivity contribution in [2.75, 3.05) is 18.5 Å². The molecule has 3 aromatic rings. The molecule has 0 radical (unpaired) electrons. The topological polar surface area (TPSA) is 195 Å². The first-order chi connectivity index (χ1) is 15.3. The van der Waals surface area contributed by atoms with Crippen molar-refractivity contribution in [3.63, 3.8) is 0 Å². The molecule has 13 nitrogen and oxygen atoms in total. The Morgan fingerprint density at radius 1 is 1.19 bits per heavy atom. The number of fused-ring (bicyclic) bond motifs is 1. The maximum atomic E-state index is 11.0. The smallest absolute Gasteiger partial charge is 0.333 e. The molecule has 1 aliphatic heterocycles. The molecule has 1 aliphatic rings. The number of benzene rings is 1. The van der Waals surface area contributed by atoms with E-state index in [1.165, 1.54) is 17.2 Å². The number of aliphatic hydroxyl groups is 3. The van der Waals surface area contributed by atoms with Crippen LogP contribution in [0.25, 0.3) is 11.2 Å². The lowest BCUT2D eigenvalue weighted by Gasteiger charge is -2.18. The van der Waals surface area contributed by atoms with Gasteiger partial charge in [0, 0.05) is 0 Å². The molecule has 4 rings (SSSR count). The summed E-state index contributed by atoms with van der Waals surface area (Å²) in [5, 5.41) is 38.4. The Balaban J connectivity index is 1.59. The van der Waals surface area contributed by atoms with Gasteiger partial charge in [0.2, 0.25) is 0 Å². The van der Waals surface area contributed by atoms with Crippen molar-refractivity contribution in [2.45, 2.75) is 30.6 Å². The maximum absolute atomic E-state index is 11.0. The Kier molecular flexibility index (Phi) is 6.34. The summed E-state index contributed by atoms with van der Waals surface area (Å²) in [6.45, 7) is -0.768. The van der Waals surface area contributed by atoms with Crippen LogP contribution in [0, 0.1) is 0 Å². The van der Waals surface area contributed by atoms with Gasteiger partial charge in [-0.1, -0.05) is 30.3 Å². The van der Waals surface area contributed by atoms with E-state index in [0.717, 1.165) is 5.56 Å². The van der Waals surface area contributed by atoms with Gasteiger partial charge >= 0.3 is 10.3 Å². The number of rotatable bonds is 8. The number of nitrogens with one attached hydrogen (secondary N) is 1. The van der Waals surface area contributed by atoms with Crippen LogP contribution < -0.4 is 10.5 Å². The van der Waals surface area contributed by atoms with Crippen molar-refractivity contribution in [1.82, 2.24) is 19.5 Å². The number of nitrogens with two attached hydrogens (primary N) is 1. The second kappa shape index (κ2) is 9.03. The van der Waals surface area contributed by atoms with E-state index < -0.39 is 47.5 Å². The highest BCUT2D eigenvalue weighted by Gasteiger charge is 2.45. The molecule has 1 fully saturated rings. The monoisotopic (exact) mass is 466 g/mol. The third-order valence-corrected chi connectivity index (χ3v) is 5.53. The fourth-order valence-electron chi connectivity index (χ4n) is 3.49. The van der Waals surface area contributed by atoms with Gasteiger partial charge in [0.05, 0.1) is 25.6 Å². The summed E-state index contributed by atoms with van der Waals surface area (Å²) in [5.74, 6) is 0.346. The zero-order valence-corrected chi connectivity index (χ0v) is 17.4. The minimum absolute atomic E-state index is 0.196. The molecule has 0 amide bonds. The lowest BCUT2D eigenvalue weighted by Crippen LogP contribution is -2.35. The SMILES string of the molecule is NS(=O)(=O)OC[C@H]1OC(n2cnc3c(N[C@@H](CO)c4ccccc4)ncnc32)[C@H](O)[C@@H]1O. The molecule has 0 bridgehead atoms. The molecule has 0 spiro atoms. The van der Waals surface area contributed by atoms with Crippen LogP contribution in [0.2, 0.25) is 0 Å². The van der Waals surface area contributed by atoms with Gasteiger partial charge < -0.3 is 25.4 Å². The predicted octanol–water partition coefficient (Wildman–Crippen LogP) is -1.19. The number of aliphatic hydroxyl groups excluding tert-OH is 3. The van der Waals surface area contributed by atoms with Crippen LogP contribution in [0.3, 0.4) is 0 Å². The highest BCUT2D eigenvalue weighted by Crippen LogP contribution is 2.33. The Hall–Kier alpha value is -2.72. The lowest BCUT2D eigenvalue weighted by atomic mass is 10.1. The molecule has 14 heteroatoms. The van der Waals surface area contributed by atoms with Crippen molar-refractivity contribution >= 4 is 27.3 Å². The molecule has 1 aromatic carbocycles. The molecule has 3 heterocycles. The summed E-state index contributed by atoms with van der Waals surface area (Å²) in [6, 6.07) is 8.84. The van der Waals surface area contributed by atoms with Gasteiger partial charge in [0.15, 0.2) is 23.2 Å². The van der Waals surface area contributed by atoms with Gasteiger partial charge in [0.25, 0.3) is 0 Å². The summed E-state index contributed by atoms with van der Waals surface area (Å²) in [5.41, 5.74) is 1.48. The minimum atomic E-state index is -4.24. The molecule has 172 valence electrons. The molecule has 5 atom stereocenters. The summed E-state index contributed by atoms with van der Waals surface area (Å²) in [7, 11) is -4.24. The quantitative estimate of drug-likeness (QED) is 0.268. The molecule has 0 aliphatic carbocycles. The number of ether oxygens (including phenoxy) is 1. The van der Waals surface area contributed by atoms with Crippen LogP contribution in [0.5, 0.6) is 0 Å². The summed E-state index contributed by atoms with van der Waals surface area (Å²) < 4.78 is 33.5. The Labute approximate surface area is 182 Å². The van der Waals surface area contributed by atoms with Gasteiger partial charge in [-0.15, -0.1) is 0 Å². The van der Waals surface area contributed by atoms with Crippen LogP contribution in [0.1, 0.15) is 17.8 Å². The van der Waals surface area contributed by atoms with E-state index >= 15 is 0 Å². The van der Waals surface area contributed by atoms with Gasteiger partial charge in [-0.2, -0.15) is 8.42 Å². The van der Waals surface area contributed by atoms with Crippen LogP contribution in [-0.2, 0) is 19.2 Å². The summed E-state index contributed by atoms with van der Waals surface area (Å²) >= 11 is 0. The predicted molar refractivity (Wildman–Crippen MR) is 110 cm³/mol. The summed E-state index contributed by atoms with van der Waals surface area (Å²) in [4.78, 5) is 12.7. The number of aromatic nitrogens is 4. The van der Waals surface area contributed by atoms with E-state index in [2.05, 4.69) is 24.5 Å². The molecule has 6 N–H and O–H groups in total. The highest BCUT2D eigenvalue weighted by molar-refractivity contribution is 7.84. The Morgan fingerprint density at radius 3 is 2.62 bits per heavy atom. The standard InChI is InChI=1S/C18H22N6O7S/c19-32(28,29)30-7-12-14(26)15(27)18(31-12)24-9-22-13-16(20-8-21-17(13)24)23-11(6-25)10-4-2-1-3-5-10/h1-5,8-9,11-12,14-15,18,25-27H,6-7H2,(H2,19,28,29)(H,20,21,23)/t11-,12+,14+,15+,18?/m0/s1. The molecular formula is C18H22N6O7S. The molecule has 2 aromatic heterocycles. The molecule has 32 heavy (non-hydrogen) atoms. The first-order valence-corrected chi connectivity index (χ1v) is 11.0. The fraction of sp³-hybridized carbons (Fsp3) is 0.389. The van der Waals surface area contributed by atoms with E-state index in [-0.39, 0.29) is 12.3 Å².